The quantitative estimate of drug-likeness (QED) is 0.541. The molecule has 12 heteroatoms. The molecule has 5 rings (SSSR count). The second-order valence-electron chi connectivity index (χ2n) is 8.18. The number of carbonyl (C=O) groups excluding carboxylic acids is 1. The van der Waals surface area contributed by atoms with Crippen LogP contribution >= 0.6 is 0 Å². The number of nitrogens with zero attached hydrogens (tertiary/aromatic N) is 8. The van der Waals surface area contributed by atoms with Crippen LogP contribution in [-0.4, -0.2) is 79.7 Å². The van der Waals surface area contributed by atoms with Crippen LogP contribution in [0.2, 0.25) is 0 Å². The zero-order valence-electron chi connectivity index (χ0n) is 18.0. The van der Waals surface area contributed by atoms with E-state index in [0.29, 0.717) is 38.6 Å². The lowest BCUT2D eigenvalue weighted by atomic mass is 10.0. The van der Waals surface area contributed by atoms with E-state index in [9.17, 15) is 13.6 Å². The van der Waals surface area contributed by atoms with E-state index in [1.165, 1.54) is 17.1 Å². The zero-order valence-corrected chi connectivity index (χ0v) is 18.0. The largest absolute Gasteiger partial charge is 0.370 e. The molecule has 2 aliphatic rings. The number of rotatable bonds is 4. The molecule has 2 atom stereocenters. The molecule has 1 amide bonds. The summed E-state index contributed by atoms with van der Waals surface area (Å²) >= 11 is 0. The van der Waals surface area contributed by atoms with Gasteiger partial charge in [-0.25, -0.2) is 18.6 Å². The number of carbonyl (C=O) groups is 1. The molecule has 174 valence electrons. The Kier molecular flexibility index (Phi) is 5.95. The first kappa shape index (κ1) is 22.0. The van der Waals surface area contributed by atoms with Crippen molar-refractivity contribution in [3.8, 4) is 5.82 Å². The summed E-state index contributed by atoms with van der Waals surface area (Å²) in [5, 5.41) is 10.9. The predicted molar refractivity (Wildman–Crippen MR) is 114 cm³/mol. The summed E-state index contributed by atoms with van der Waals surface area (Å²) in [5.41, 5.74) is 0.354. The Morgan fingerprint density at radius 3 is 2.82 bits per heavy atom. The van der Waals surface area contributed by atoms with Gasteiger partial charge in [0, 0.05) is 37.9 Å². The van der Waals surface area contributed by atoms with E-state index in [1.807, 2.05) is 6.07 Å². The molecule has 2 aromatic heterocycles. The van der Waals surface area contributed by atoms with Crippen molar-refractivity contribution in [1.29, 1.82) is 0 Å². The van der Waals surface area contributed by atoms with Gasteiger partial charge < -0.3 is 9.64 Å². The van der Waals surface area contributed by atoms with Gasteiger partial charge in [0.15, 0.2) is 5.82 Å². The highest BCUT2D eigenvalue weighted by Crippen LogP contribution is 2.33. The van der Waals surface area contributed by atoms with Gasteiger partial charge in [0.1, 0.15) is 18.0 Å². The number of morpholine rings is 1. The van der Waals surface area contributed by atoms with Crippen molar-refractivity contribution in [1.82, 2.24) is 35.0 Å². The third-order valence-corrected chi connectivity index (χ3v) is 6.15. The molecule has 34 heavy (non-hydrogen) atoms. The lowest BCUT2D eigenvalue weighted by Gasteiger charge is -2.46. The first-order valence-electron chi connectivity index (χ1n) is 10.7. The second kappa shape index (κ2) is 9.20. The van der Waals surface area contributed by atoms with Crippen LogP contribution < -0.4 is 0 Å². The van der Waals surface area contributed by atoms with Crippen LogP contribution in [0, 0.1) is 18.2 Å². The summed E-state index contributed by atoms with van der Waals surface area (Å²) in [5.74, 6) is -1.20. The highest BCUT2D eigenvalue weighted by Gasteiger charge is 2.36. The number of piperazine rings is 1. The van der Waals surface area contributed by atoms with E-state index in [4.69, 9.17) is 11.3 Å². The molecule has 10 nitrogen and oxygen atoms in total. The summed E-state index contributed by atoms with van der Waals surface area (Å²) in [4.78, 5) is 24.1. The lowest BCUT2D eigenvalue weighted by molar-refractivity contribution is -0.139. The molecule has 0 aliphatic carbocycles. The van der Waals surface area contributed by atoms with Crippen molar-refractivity contribution in [2.75, 3.05) is 32.8 Å². The van der Waals surface area contributed by atoms with Gasteiger partial charge in [-0.15, -0.1) is 5.10 Å². The summed E-state index contributed by atoms with van der Waals surface area (Å²) in [7, 11) is 0. The van der Waals surface area contributed by atoms with E-state index in [2.05, 4.69) is 30.3 Å². The van der Waals surface area contributed by atoms with E-state index < -0.39 is 23.4 Å². The lowest BCUT2D eigenvalue weighted by Crippen LogP contribution is -2.59. The number of fused-ring (bicyclic) bond motifs is 1. The number of ether oxygens (including phenoxy) is 1. The molecule has 2 saturated heterocycles. The minimum absolute atomic E-state index is 0.00924. The van der Waals surface area contributed by atoms with Crippen molar-refractivity contribution < 1.29 is 18.3 Å². The molecular formula is C22H20F2N8O2. The summed E-state index contributed by atoms with van der Waals surface area (Å²) in [6, 6.07) is 5.99. The van der Waals surface area contributed by atoms with Gasteiger partial charge in [0.25, 0.3) is 5.69 Å². The second-order valence-corrected chi connectivity index (χ2v) is 8.18. The fourth-order valence-corrected chi connectivity index (χ4v) is 4.32. The number of halogens is 2. The molecule has 2 fully saturated rings. The van der Waals surface area contributed by atoms with E-state index in [0.717, 1.165) is 11.6 Å². The Morgan fingerprint density at radius 2 is 2.09 bits per heavy atom. The van der Waals surface area contributed by atoms with Crippen molar-refractivity contribution in [3.63, 3.8) is 0 Å². The van der Waals surface area contributed by atoms with Gasteiger partial charge in [0.05, 0.1) is 31.7 Å². The minimum atomic E-state index is -0.877. The Labute approximate surface area is 193 Å². The van der Waals surface area contributed by atoms with Gasteiger partial charge in [0.2, 0.25) is 5.91 Å². The molecule has 0 N–H and O–H groups in total. The number of hydrogen-bond donors (Lipinski definition) is 0. The normalized spacial score (nSPS) is 20.6. The molecule has 0 radical (unpaired) electrons. The van der Waals surface area contributed by atoms with Crippen LogP contribution in [0.1, 0.15) is 17.2 Å². The Morgan fingerprint density at radius 1 is 1.21 bits per heavy atom. The fraction of sp³-hybridized carbons (Fsp3) is 0.364. The van der Waals surface area contributed by atoms with Crippen molar-refractivity contribution >= 4 is 11.6 Å². The Bertz CT molecular complexity index is 1230. The van der Waals surface area contributed by atoms with Crippen LogP contribution in [0.4, 0.5) is 14.5 Å². The maximum Gasteiger partial charge on any atom is 0.257 e. The number of pyridine rings is 1. The standard InChI is InChI=1S/C22H20F2N8O2/c1-25-22-17(23)4-3-16(21(22)24)18-11-30-6-7-31(10-15(30)12-34-18)20(33)8-14-2-5-19(26-9-14)32-13-27-28-29-32/h2-5,9,13,15,18H,6-8,10-12H2/t15-,18+/m0/s1. The minimum Gasteiger partial charge on any atom is -0.370 e. The molecule has 2 aliphatic heterocycles. The molecule has 0 unspecified atom stereocenters. The van der Waals surface area contributed by atoms with Gasteiger partial charge in [-0.3, -0.25) is 9.69 Å². The van der Waals surface area contributed by atoms with Crippen LogP contribution in [0.15, 0.2) is 36.8 Å². The van der Waals surface area contributed by atoms with Gasteiger partial charge >= 0.3 is 0 Å². The summed E-state index contributed by atoms with van der Waals surface area (Å²) in [6.07, 6.45) is 2.70. The number of aromatic nitrogens is 5. The van der Waals surface area contributed by atoms with Gasteiger partial charge in [-0.05, 0) is 28.1 Å². The molecule has 3 aromatic rings. The first-order chi connectivity index (χ1) is 16.5. The SMILES string of the molecule is [C-]#[N+]c1c(F)ccc([C@H]2CN3CCN(C(=O)Cc4ccc(-n5cnnn5)nc4)C[C@H]3CO2)c1F. The maximum absolute atomic E-state index is 14.6. The zero-order chi connectivity index (χ0) is 23.7. The Balaban J connectivity index is 1.19. The van der Waals surface area contributed by atoms with E-state index in [1.54, 1.807) is 17.2 Å². The monoisotopic (exact) mass is 466 g/mol. The number of benzene rings is 1. The van der Waals surface area contributed by atoms with Crippen LogP contribution in [0.3, 0.4) is 0 Å². The highest BCUT2D eigenvalue weighted by atomic mass is 19.1. The van der Waals surface area contributed by atoms with Crippen molar-refractivity contribution in [2.45, 2.75) is 18.6 Å². The topological polar surface area (TPSA) is 93.6 Å². The van der Waals surface area contributed by atoms with Crippen LogP contribution in [-0.2, 0) is 16.0 Å². The van der Waals surface area contributed by atoms with Crippen LogP contribution in [0.25, 0.3) is 10.7 Å². The number of hydrogen-bond acceptors (Lipinski definition) is 7. The number of amides is 1. The Hall–Kier alpha value is -3.82. The number of tetrazole rings is 1. The average Bonchev–Trinajstić information content (AvgIpc) is 3.39. The predicted octanol–water partition coefficient (Wildman–Crippen LogP) is 1.71. The maximum atomic E-state index is 14.6. The molecule has 0 saturated carbocycles. The average molecular weight is 466 g/mol. The van der Waals surface area contributed by atoms with Crippen molar-refractivity contribution in [2.24, 2.45) is 0 Å². The fourth-order valence-electron chi connectivity index (χ4n) is 4.32. The molecule has 1 aromatic carbocycles. The smallest absolute Gasteiger partial charge is 0.257 e. The van der Waals surface area contributed by atoms with Crippen molar-refractivity contribution in [3.05, 3.63) is 71.0 Å². The van der Waals surface area contributed by atoms with Gasteiger partial charge in [-0.2, -0.15) is 4.68 Å². The molecular weight excluding hydrogens is 446 g/mol. The van der Waals surface area contributed by atoms with E-state index >= 15 is 0 Å². The summed E-state index contributed by atoms with van der Waals surface area (Å²) in [6.45, 7) is 9.39. The van der Waals surface area contributed by atoms with Crippen LogP contribution in [0.5, 0.6) is 0 Å². The van der Waals surface area contributed by atoms with E-state index in [-0.39, 0.29) is 23.9 Å². The molecule has 4 heterocycles. The third kappa shape index (κ3) is 4.23. The molecule has 0 bridgehead atoms. The third-order valence-electron chi connectivity index (χ3n) is 6.15. The first-order valence-corrected chi connectivity index (χ1v) is 10.7. The highest BCUT2D eigenvalue weighted by molar-refractivity contribution is 5.79. The van der Waals surface area contributed by atoms with Gasteiger partial charge in [-0.1, -0.05) is 12.1 Å². The molecule has 0 spiro atoms. The summed E-state index contributed by atoms with van der Waals surface area (Å²) < 4.78 is 35.6.